The lowest BCUT2D eigenvalue weighted by Crippen LogP contribution is -2.37. The molecule has 5 heteroatoms. The van der Waals surface area contributed by atoms with E-state index in [1.807, 2.05) is 12.1 Å². The molecule has 1 saturated heterocycles. The van der Waals surface area contributed by atoms with Crippen LogP contribution in [-0.4, -0.2) is 36.2 Å². The fourth-order valence-electron chi connectivity index (χ4n) is 3.20. The Hall–Kier alpha value is -1.78. The van der Waals surface area contributed by atoms with E-state index in [0.717, 1.165) is 31.8 Å². The molecular formula is C20H25ClFNO2. The molecule has 3 rings (SSSR count). The van der Waals surface area contributed by atoms with Crippen LogP contribution in [-0.2, 0) is 6.42 Å². The summed E-state index contributed by atoms with van der Waals surface area (Å²) in [5.41, 5.74) is 1.23. The number of rotatable bonds is 6. The monoisotopic (exact) mass is 365 g/mol. The van der Waals surface area contributed by atoms with Gasteiger partial charge in [-0.2, -0.15) is 0 Å². The number of phenols is 1. The van der Waals surface area contributed by atoms with Gasteiger partial charge in [-0.25, -0.2) is 4.39 Å². The number of phenolic OH excluding ortho intramolecular Hbond substituents is 1. The summed E-state index contributed by atoms with van der Waals surface area (Å²) in [6.07, 6.45) is 3.39. The molecule has 1 aliphatic heterocycles. The van der Waals surface area contributed by atoms with Gasteiger partial charge in [0.1, 0.15) is 23.9 Å². The second-order valence-electron chi connectivity index (χ2n) is 6.46. The van der Waals surface area contributed by atoms with E-state index in [1.165, 1.54) is 18.4 Å². The Bertz CT molecular complexity index is 625. The lowest BCUT2D eigenvalue weighted by molar-refractivity contribution is 0.155. The molecule has 0 radical (unpaired) electrons. The van der Waals surface area contributed by atoms with Crippen molar-refractivity contribution in [2.24, 2.45) is 5.92 Å². The molecule has 0 unspecified atom stereocenters. The largest absolute Gasteiger partial charge is 0.508 e. The van der Waals surface area contributed by atoms with Crippen molar-refractivity contribution in [1.82, 2.24) is 4.90 Å². The summed E-state index contributed by atoms with van der Waals surface area (Å²) in [4.78, 5) is 2.43. The molecule has 0 bridgehead atoms. The lowest BCUT2D eigenvalue weighted by atomic mass is 9.90. The fraction of sp³-hybridized carbons (Fsp3) is 0.400. The maximum Gasteiger partial charge on any atom is 0.123 e. The Labute approximate surface area is 154 Å². The number of hydrogen-bond donors (Lipinski definition) is 1. The quantitative estimate of drug-likeness (QED) is 0.829. The van der Waals surface area contributed by atoms with Gasteiger partial charge in [0.15, 0.2) is 0 Å². The van der Waals surface area contributed by atoms with Gasteiger partial charge in [-0.15, -0.1) is 12.4 Å². The minimum Gasteiger partial charge on any atom is -0.508 e. The van der Waals surface area contributed by atoms with Crippen molar-refractivity contribution in [2.75, 3.05) is 26.2 Å². The number of aromatic hydroxyl groups is 1. The average Bonchev–Trinajstić information content (AvgIpc) is 2.60. The molecule has 0 spiro atoms. The van der Waals surface area contributed by atoms with Crippen LogP contribution in [0.3, 0.4) is 0 Å². The summed E-state index contributed by atoms with van der Waals surface area (Å²) in [6.45, 7) is 3.76. The number of benzene rings is 2. The first kappa shape index (κ1) is 19.5. The summed E-state index contributed by atoms with van der Waals surface area (Å²) in [5, 5.41) is 9.25. The SMILES string of the molecule is Cl.Oc1ccc(OCCN2CCC(Cc3ccc(F)cc3)CC2)cc1. The van der Waals surface area contributed by atoms with Gasteiger partial charge >= 0.3 is 0 Å². The predicted octanol–water partition coefficient (Wildman–Crippen LogP) is 4.29. The molecule has 136 valence electrons. The van der Waals surface area contributed by atoms with Crippen LogP contribution < -0.4 is 4.74 Å². The summed E-state index contributed by atoms with van der Waals surface area (Å²) in [5.74, 6) is 1.57. The highest BCUT2D eigenvalue weighted by atomic mass is 35.5. The van der Waals surface area contributed by atoms with E-state index in [1.54, 1.807) is 36.4 Å². The van der Waals surface area contributed by atoms with Gasteiger partial charge in [0.2, 0.25) is 0 Å². The molecule has 0 saturated carbocycles. The van der Waals surface area contributed by atoms with Crippen LogP contribution in [0, 0.1) is 11.7 Å². The minimum absolute atomic E-state index is 0. The zero-order valence-electron chi connectivity index (χ0n) is 14.2. The van der Waals surface area contributed by atoms with Gasteiger partial charge in [-0.1, -0.05) is 12.1 Å². The van der Waals surface area contributed by atoms with E-state index in [-0.39, 0.29) is 24.0 Å². The van der Waals surface area contributed by atoms with E-state index in [0.29, 0.717) is 12.5 Å². The second-order valence-corrected chi connectivity index (χ2v) is 6.46. The van der Waals surface area contributed by atoms with Gasteiger partial charge in [0, 0.05) is 6.54 Å². The molecule has 2 aromatic rings. The van der Waals surface area contributed by atoms with Crippen LogP contribution in [0.5, 0.6) is 11.5 Å². The Kier molecular flexibility index (Phi) is 7.53. The second kappa shape index (κ2) is 9.64. The number of likely N-dealkylation sites (tertiary alicyclic amines) is 1. The van der Waals surface area contributed by atoms with Gasteiger partial charge in [0.05, 0.1) is 0 Å². The van der Waals surface area contributed by atoms with Gasteiger partial charge in [-0.05, 0) is 80.2 Å². The van der Waals surface area contributed by atoms with E-state index >= 15 is 0 Å². The summed E-state index contributed by atoms with van der Waals surface area (Å²) in [6, 6.07) is 13.7. The number of halogens is 2. The number of nitrogens with zero attached hydrogens (tertiary/aromatic N) is 1. The Morgan fingerprint density at radius 1 is 1.00 bits per heavy atom. The topological polar surface area (TPSA) is 32.7 Å². The van der Waals surface area contributed by atoms with E-state index < -0.39 is 0 Å². The molecule has 1 fully saturated rings. The Morgan fingerprint density at radius 2 is 1.64 bits per heavy atom. The summed E-state index contributed by atoms with van der Waals surface area (Å²) >= 11 is 0. The highest BCUT2D eigenvalue weighted by Gasteiger charge is 2.19. The molecule has 0 amide bonds. The van der Waals surface area contributed by atoms with Gasteiger partial charge < -0.3 is 9.84 Å². The molecule has 1 N–H and O–H groups in total. The standard InChI is InChI=1S/C20H24FNO2.ClH/c21-18-3-1-16(2-4-18)15-17-9-11-22(12-10-17)13-14-24-20-7-5-19(23)6-8-20;/h1-8,17,23H,9-15H2;1H. The molecule has 2 aromatic carbocycles. The van der Waals surface area contributed by atoms with Crippen molar-refractivity contribution in [1.29, 1.82) is 0 Å². The lowest BCUT2D eigenvalue weighted by Gasteiger charge is -2.31. The maximum atomic E-state index is 12.9. The normalized spacial score (nSPS) is 15.6. The smallest absolute Gasteiger partial charge is 0.123 e. The number of ether oxygens (including phenoxy) is 1. The van der Waals surface area contributed by atoms with Crippen LogP contribution in [0.2, 0.25) is 0 Å². The molecular weight excluding hydrogens is 341 g/mol. The Morgan fingerprint density at radius 3 is 2.28 bits per heavy atom. The highest BCUT2D eigenvalue weighted by Crippen LogP contribution is 2.22. The molecule has 0 atom stereocenters. The molecule has 1 aliphatic rings. The number of piperidine rings is 1. The third-order valence-electron chi connectivity index (χ3n) is 4.66. The van der Waals surface area contributed by atoms with Crippen LogP contribution in [0.25, 0.3) is 0 Å². The van der Waals surface area contributed by atoms with Crippen molar-refractivity contribution >= 4 is 12.4 Å². The van der Waals surface area contributed by atoms with Crippen molar-refractivity contribution in [3.63, 3.8) is 0 Å². The van der Waals surface area contributed by atoms with Gasteiger partial charge in [0.25, 0.3) is 0 Å². The molecule has 0 aliphatic carbocycles. The summed E-state index contributed by atoms with van der Waals surface area (Å²) < 4.78 is 18.7. The van der Waals surface area contributed by atoms with E-state index in [9.17, 15) is 9.50 Å². The fourth-order valence-corrected chi connectivity index (χ4v) is 3.20. The van der Waals surface area contributed by atoms with Crippen LogP contribution in [0.15, 0.2) is 48.5 Å². The van der Waals surface area contributed by atoms with Crippen LogP contribution in [0.1, 0.15) is 18.4 Å². The average molecular weight is 366 g/mol. The van der Waals surface area contributed by atoms with Crippen LogP contribution >= 0.6 is 12.4 Å². The zero-order valence-corrected chi connectivity index (χ0v) is 15.1. The molecule has 1 heterocycles. The maximum absolute atomic E-state index is 12.9. The first-order valence-corrected chi connectivity index (χ1v) is 8.58. The summed E-state index contributed by atoms with van der Waals surface area (Å²) in [7, 11) is 0. The van der Waals surface area contributed by atoms with Crippen LogP contribution in [0.4, 0.5) is 4.39 Å². The zero-order chi connectivity index (χ0) is 16.8. The third-order valence-corrected chi connectivity index (χ3v) is 4.66. The van der Waals surface area contributed by atoms with Gasteiger partial charge in [-0.3, -0.25) is 4.90 Å². The van der Waals surface area contributed by atoms with Crippen molar-refractivity contribution in [3.8, 4) is 11.5 Å². The third kappa shape index (κ3) is 6.22. The van der Waals surface area contributed by atoms with Crippen molar-refractivity contribution in [3.05, 3.63) is 59.9 Å². The van der Waals surface area contributed by atoms with E-state index in [4.69, 9.17) is 4.74 Å². The number of hydrogen-bond acceptors (Lipinski definition) is 3. The predicted molar refractivity (Wildman–Crippen MR) is 100 cm³/mol. The van der Waals surface area contributed by atoms with E-state index in [2.05, 4.69) is 4.90 Å². The Balaban J connectivity index is 0.00000225. The molecule has 25 heavy (non-hydrogen) atoms. The highest BCUT2D eigenvalue weighted by molar-refractivity contribution is 5.85. The first-order valence-electron chi connectivity index (χ1n) is 8.58. The first-order chi connectivity index (χ1) is 11.7. The van der Waals surface area contributed by atoms with Crippen molar-refractivity contribution < 1.29 is 14.2 Å². The minimum atomic E-state index is -0.165. The molecule has 3 nitrogen and oxygen atoms in total. The van der Waals surface area contributed by atoms with Crippen molar-refractivity contribution in [2.45, 2.75) is 19.3 Å². The molecule has 0 aromatic heterocycles.